The summed E-state index contributed by atoms with van der Waals surface area (Å²) in [5.41, 5.74) is 5.51. The van der Waals surface area contributed by atoms with Gasteiger partial charge in [0.05, 0.1) is 0 Å². The maximum atomic E-state index is 5.51. The fourth-order valence-corrected chi connectivity index (χ4v) is 9.37. The Morgan fingerprint density at radius 3 is 0.475 bits per heavy atom. The van der Waals surface area contributed by atoms with Gasteiger partial charge < -0.3 is 10.6 Å². The molecule has 0 heterocycles. The van der Waals surface area contributed by atoms with Crippen molar-refractivity contribution in [1.82, 2.24) is 4.90 Å². The van der Waals surface area contributed by atoms with Crippen LogP contribution < -0.4 is 5.73 Å². The molecule has 0 amide bonds. The number of nitrogens with zero attached hydrogens (tertiary/aromatic N) is 1. The Kier molecular flexibility index (Phi) is 64.0. The van der Waals surface area contributed by atoms with E-state index in [1.54, 1.807) is 0 Å². The Hall–Kier alpha value is -0.0800. The predicted molar refractivity (Wildman–Crippen MR) is 284 cm³/mol. The van der Waals surface area contributed by atoms with Crippen LogP contribution in [0.5, 0.6) is 0 Å². The van der Waals surface area contributed by atoms with Crippen LogP contribution in [0.2, 0.25) is 0 Å². The van der Waals surface area contributed by atoms with Crippen LogP contribution in [0.3, 0.4) is 0 Å². The minimum absolute atomic E-state index is 0.874. The van der Waals surface area contributed by atoms with Crippen molar-refractivity contribution < 1.29 is 0 Å². The molecule has 2 heteroatoms. The van der Waals surface area contributed by atoms with Gasteiger partial charge in [0.1, 0.15) is 0 Å². The molecule has 0 aromatic heterocycles. The fourth-order valence-electron chi connectivity index (χ4n) is 9.37. The lowest BCUT2D eigenvalue weighted by Crippen LogP contribution is -2.20. The highest BCUT2D eigenvalue weighted by Gasteiger charge is 2.01. The van der Waals surface area contributed by atoms with Gasteiger partial charge in [0, 0.05) is 0 Å². The Morgan fingerprint density at radius 1 is 0.197 bits per heavy atom. The number of hydrogen-bond donors (Lipinski definition) is 1. The molecule has 0 aromatic rings. The summed E-state index contributed by atoms with van der Waals surface area (Å²) in [6.07, 6.45) is 75.6. The van der Waals surface area contributed by atoms with Crippen LogP contribution in [0.1, 0.15) is 355 Å². The maximum Gasteiger partial charge on any atom is -0.00218 e. The third kappa shape index (κ3) is 64.3. The number of nitrogens with two attached hydrogens (primary N) is 1. The van der Waals surface area contributed by atoms with Crippen LogP contribution in [-0.2, 0) is 0 Å². The van der Waals surface area contributed by atoms with E-state index in [4.69, 9.17) is 5.73 Å². The van der Waals surface area contributed by atoms with Crippen molar-refractivity contribution in [3.63, 3.8) is 0 Å². The van der Waals surface area contributed by atoms with Gasteiger partial charge in [-0.05, 0) is 45.9 Å². The first-order valence-corrected chi connectivity index (χ1v) is 29.6. The van der Waals surface area contributed by atoms with Gasteiger partial charge in [-0.2, -0.15) is 0 Å². The van der Waals surface area contributed by atoms with Crippen molar-refractivity contribution >= 4 is 0 Å². The van der Waals surface area contributed by atoms with Crippen molar-refractivity contribution in [2.45, 2.75) is 355 Å². The van der Waals surface area contributed by atoms with E-state index in [0.717, 1.165) is 6.54 Å². The van der Waals surface area contributed by atoms with E-state index >= 15 is 0 Å². The van der Waals surface area contributed by atoms with Crippen molar-refractivity contribution in [2.75, 3.05) is 26.7 Å². The minimum Gasteiger partial charge on any atom is -0.330 e. The van der Waals surface area contributed by atoms with E-state index in [2.05, 4.69) is 32.7 Å². The Morgan fingerprint density at radius 2 is 0.328 bits per heavy atom. The molecule has 0 aliphatic heterocycles. The minimum atomic E-state index is 0.874. The van der Waals surface area contributed by atoms with Crippen LogP contribution in [0.15, 0.2) is 0 Å². The average molecular weight is 862 g/mol. The molecule has 0 radical (unpaired) electrons. The molecule has 2 nitrogen and oxygen atoms in total. The first-order chi connectivity index (χ1) is 30.2. The van der Waals surface area contributed by atoms with Crippen LogP contribution >= 0.6 is 0 Å². The van der Waals surface area contributed by atoms with E-state index < -0.39 is 0 Å². The molecule has 0 atom stereocenters. The molecule has 0 bridgehead atoms. The van der Waals surface area contributed by atoms with E-state index in [-0.39, 0.29) is 0 Å². The molecule has 0 fully saturated rings. The Labute approximate surface area is 390 Å². The topological polar surface area (TPSA) is 29.3 Å². The third-order valence-electron chi connectivity index (χ3n) is 13.8. The Bertz CT molecular complexity index is 636. The molecule has 0 aromatic carbocycles. The largest absolute Gasteiger partial charge is 0.330 e. The third-order valence-corrected chi connectivity index (χ3v) is 13.8. The summed E-state index contributed by atoms with van der Waals surface area (Å²) in [5, 5.41) is 0. The van der Waals surface area contributed by atoms with Crippen molar-refractivity contribution in [3.05, 3.63) is 0 Å². The van der Waals surface area contributed by atoms with E-state index in [0.29, 0.717) is 0 Å². The van der Waals surface area contributed by atoms with Gasteiger partial charge in [0.25, 0.3) is 0 Å². The molecule has 0 saturated heterocycles. The van der Waals surface area contributed by atoms with Gasteiger partial charge >= 0.3 is 0 Å². The highest BCUT2D eigenvalue weighted by Crippen LogP contribution is 2.17. The SMILES string of the molecule is CCCCCCCCCCCCCCCCCCCCCCN.CCCCCCCCCCCCCCCCCCN(C)CCCCCCCCCCCCCCCCCC. The van der Waals surface area contributed by atoms with Gasteiger partial charge in [0.2, 0.25) is 0 Å². The second kappa shape index (κ2) is 62.0. The standard InChI is InChI=1S/C37H77N.C22H47N/c1-4-6-8-10-12-14-16-18-20-22-24-26-28-30-32-34-36-38(3)37-35-33-31-29-27-25-23-21-19-17-15-13-11-9-7-5-2;1-2-3-4-5-6-7-8-9-10-11-12-13-14-15-16-17-18-19-20-21-22-23/h4-37H2,1-3H3;2-23H2,1H3. The van der Waals surface area contributed by atoms with Crippen LogP contribution in [0.25, 0.3) is 0 Å². The normalized spacial score (nSPS) is 11.5. The summed E-state index contributed by atoms with van der Waals surface area (Å²) in [6, 6.07) is 0. The molecular formula is C59H124N2. The summed E-state index contributed by atoms with van der Waals surface area (Å²) in [5.74, 6) is 0. The molecule has 2 N–H and O–H groups in total. The van der Waals surface area contributed by atoms with Crippen molar-refractivity contribution in [2.24, 2.45) is 5.73 Å². The monoisotopic (exact) mass is 861 g/mol. The average Bonchev–Trinajstić information content (AvgIpc) is 3.27. The summed E-state index contributed by atoms with van der Waals surface area (Å²) in [7, 11) is 2.34. The summed E-state index contributed by atoms with van der Waals surface area (Å²) >= 11 is 0. The quantitative estimate of drug-likeness (QED) is 0.0618. The summed E-state index contributed by atoms with van der Waals surface area (Å²) in [4.78, 5) is 2.59. The van der Waals surface area contributed by atoms with Gasteiger partial charge in [-0.1, -0.05) is 335 Å². The van der Waals surface area contributed by atoms with Gasteiger partial charge in [-0.3, -0.25) is 0 Å². The molecule has 0 aliphatic rings. The van der Waals surface area contributed by atoms with Crippen molar-refractivity contribution in [3.8, 4) is 0 Å². The van der Waals surface area contributed by atoms with Gasteiger partial charge in [-0.25, -0.2) is 0 Å². The number of unbranched alkanes of at least 4 members (excludes halogenated alkanes) is 49. The predicted octanol–water partition coefficient (Wildman–Crippen LogP) is 21.2. The van der Waals surface area contributed by atoms with Gasteiger partial charge in [-0.15, -0.1) is 0 Å². The zero-order valence-electron chi connectivity index (χ0n) is 43.9. The lowest BCUT2D eigenvalue weighted by atomic mass is 10.0. The molecule has 0 aliphatic carbocycles. The zero-order chi connectivity index (χ0) is 44.5. The van der Waals surface area contributed by atoms with Crippen molar-refractivity contribution in [1.29, 1.82) is 0 Å². The molecular weight excluding hydrogens is 737 g/mol. The summed E-state index contributed by atoms with van der Waals surface area (Å²) < 4.78 is 0. The molecule has 0 unspecified atom stereocenters. The van der Waals surface area contributed by atoms with E-state index in [1.807, 2.05) is 0 Å². The maximum absolute atomic E-state index is 5.51. The molecule has 0 saturated carbocycles. The zero-order valence-corrected chi connectivity index (χ0v) is 43.9. The van der Waals surface area contributed by atoms with E-state index in [9.17, 15) is 0 Å². The smallest absolute Gasteiger partial charge is 0.00218 e. The second-order valence-electron chi connectivity index (χ2n) is 20.4. The lowest BCUT2D eigenvalue weighted by molar-refractivity contribution is 0.314. The first-order valence-electron chi connectivity index (χ1n) is 29.6. The molecule has 61 heavy (non-hydrogen) atoms. The van der Waals surface area contributed by atoms with Crippen LogP contribution in [0, 0.1) is 0 Å². The molecule has 0 spiro atoms. The van der Waals surface area contributed by atoms with Gasteiger partial charge in [0.15, 0.2) is 0 Å². The molecule has 370 valence electrons. The highest BCUT2D eigenvalue weighted by molar-refractivity contribution is 4.57. The highest BCUT2D eigenvalue weighted by atomic mass is 15.1. The summed E-state index contributed by atoms with van der Waals surface area (Å²) in [6.45, 7) is 10.4. The van der Waals surface area contributed by atoms with E-state index in [1.165, 1.54) is 347 Å². The number of rotatable bonds is 54. The second-order valence-corrected chi connectivity index (χ2v) is 20.4. The Balaban J connectivity index is 0. The fraction of sp³-hybridized carbons (Fsp3) is 1.00. The first kappa shape index (κ1) is 63.0. The molecule has 0 rings (SSSR count). The van der Waals surface area contributed by atoms with Crippen LogP contribution in [-0.4, -0.2) is 31.6 Å². The lowest BCUT2D eigenvalue weighted by Gasteiger charge is -2.16. The number of hydrogen-bond acceptors (Lipinski definition) is 2. The van der Waals surface area contributed by atoms with Crippen LogP contribution in [0.4, 0.5) is 0 Å².